The number of halogens is 4. The van der Waals surface area contributed by atoms with Crippen molar-refractivity contribution < 1.29 is 35.5 Å². The van der Waals surface area contributed by atoms with E-state index < -0.39 is 28.0 Å². The second kappa shape index (κ2) is 10.6. The van der Waals surface area contributed by atoms with Gasteiger partial charge in [-0.3, -0.25) is 4.98 Å². The number of hydrogen-bond donors (Lipinski definition) is 1. The third kappa shape index (κ3) is 6.09. The molecule has 0 aliphatic rings. The van der Waals surface area contributed by atoms with E-state index in [1.807, 2.05) is 0 Å². The van der Waals surface area contributed by atoms with Crippen LogP contribution in [0.3, 0.4) is 0 Å². The first-order chi connectivity index (χ1) is 17.6. The average molecular weight is 536 g/mol. The lowest BCUT2D eigenvalue weighted by Crippen LogP contribution is -2.18. The summed E-state index contributed by atoms with van der Waals surface area (Å²) in [4.78, 5) is 3.79. The Labute approximate surface area is 210 Å². The quantitative estimate of drug-likeness (QED) is 0.300. The van der Waals surface area contributed by atoms with Gasteiger partial charge in [0.05, 0.1) is 5.69 Å². The minimum Gasteiger partial charge on any atom is -0.489 e. The molecule has 1 N–H and O–H groups in total. The Balaban J connectivity index is 1.64. The highest BCUT2D eigenvalue weighted by Gasteiger charge is 2.32. The highest BCUT2D eigenvalue weighted by molar-refractivity contribution is 7.90. The number of nitrogens with one attached hydrogen (secondary N) is 1. The summed E-state index contributed by atoms with van der Waals surface area (Å²) in [5.41, 5.74) is 0.786. The third-order valence-corrected chi connectivity index (χ3v) is 6.88. The molecule has 0 atom stereocenters. The Morgan fingerprint density at radius 2 is 1.84 bits per heavy atom. The summed E-state index contributed by atoms with van der Waals surface area (Å²) in [5, 5.41) is 2.93. The van der Waals surface area contributed by atoms with Gasteiger partial charge in [0.1, 0.15) is 28.8 Å². The summed E-state index contributed by atoms with van der Waals surface area (Å²) in [6.45, 7) is 0.0217. The fraction of sp³-hybridized carbons (Fsp3) is 0.160. The fourth-order valence-electron chi connectivity index (χ4n) is 3.61. The van der Waals surface area contributed by atoms with Crippen molar-refractivity contribution >= 4 is 10.0 Å². The lowest BCUT2D eigenvalue weighted by molar-refractivity contribution is -0.275. The van der Waals surface area contributed by atoms with Gasteiger partial charge >= 0.3 is 6.36 Å². The largest absolute Gasteiger partial charge is 0.573 e. The van der Waals surface area contributed by atoms with Gasteiger partial charge in [0.15, 0.2) is 0 Å². The van der Waals surface area contributed by atoms with E-state index in [0.717, 1.165) is 16.1 Å². The molecule has 0 bridgehead atoms. The SMILES string of the molecule is CNCc1cc(-c2ccc(OCc3ccccc3OC(F)(F)F)cc2F)n(S(=O)(=O)c2cccnc2)c1. The van der Waals surface area contributed by atoms with E-state index in [1.165, 1.54) is 61.1 Å². The van der Waals surface area contributed by atoms with Gasteiger partial charge in [-0.1, -0.05) is 18.2 Å². The molecule has 0 saturated carbocycles. The molecule has 2 aromatic carbocycles. The first kappa shape index (κ1) is 26.2. The van der Waals surface area contributed by atoms with Gasteiger partial charge in [-0.25, -0.2) is 16.8 Å². The second-order valence-corrected chi connectivity index (χ2v) is 9.65. The van der Waals surface area contributed by atoms with Gasteiger partial charge in [0, 0.05) is 42.3 Å². The number of alkyl halides is 3. The first-order valence-electron chi connectivity index (χ1n) is 10.9. The highest BCUT2D eigenvalue weighted by atomic mass is 32.2. The topological polar surface area (TPSA) is 82.5 Å². The van der Waals surface area contributed by atoms with Crippen LogP contribution in [0, 0.1) is 5.82 Å². The van der Waals surface area contributed by atoms with E-state index in [0.29, 0.717) is 12.1 Å². The maximum absolute atomic E-state index is 15.2. The fourth-order valence-corrected chi connectivity index (χ4v) is 4.96. The van der Waals surface area contributed by atoms with Crippen LogP contribution in [-0.2, 0) is 23.2 Å². The summed E-state index contributed by atoms with van der Waals surface area (Å²) in [6, 6.07) is 13.6. The molecule has 0 aliphatic carbocycles. The molecule has 0 fully saturated rings. The smallest absolute Gasteiger partial charge is 0.489 e. The number of pyridine rings is 1. The molecule has 12 heteroatoms. The lowest BCUT2D eigenvalue weighted by Gasteiger charge is -2.14. The molecule has 4 rings (SSSR count). The van der Waals surface area contributed by atoms with Crippen molar-refractivity contribution in [2.45, 2.75) is 24.4 Å². The summed E-state index contributed by atoms with van der Waals surface area (Å²) in [5.74, 6) is -1.18. The average Bonchev–Trinajstić information content (AvgIpc) is 3.28. The van der Waals surface area contributed by atoms with Crippen molar-refractivity contribution in [3.63, 3.8) is 0 Å². The molecule has 0 amide bonds. The minimum absolute atomic E-state index is 0.0111. The van der Waals surface area contributed by atoms with Crippen molar-refractivity contribution in [3.8, 4) is 22.8 Å². The van der Waals surface area contributed by atoms with Gasteiger partial charge in [-0.05, 0) is 49.0 Å². The summed E-state index contributed by atoms with van der Waals surface area (Å²) in [6.07, 6.45) is -0.838. The third-order valence-electron chi connectivity index (χ3n) is 5.22. The number of hydrogen-bond acceptors (Lipinski definition) is 6. The molecule has 7 nitrogen and oxygen atoms in total. The van der Waals surface area contributed by atoms with Crippen molar-refractivity contribution in [1.29, 1.82) is 0 Å². The van der Waals surface area contributed by atoms with Crippen molar-refractivity contribution in [2.24, 2.45) is 0 Å². The van der Waals surface area contributed by atoms with Gasteiger partial charge in [0.25, 0.3) is 10.0 Å². The number of para-hydroxylation sites is 1. The zero-order valence-corrected chi connectivity index (χ0v) is 20.2. The minimum atomic E-state index is -4.87. The predicted molar refractivity (Wildman–Crippen MR) is 127 cm³/mol. The monoisotopic (exact) mass is 535 g/mol. The van der Waals surface area contributed by atoms with E-state index >= 15 is 4.39 Å². The number of rotatable bonds is 9. The zero-order chi connectivity index (χ0) is 26.6. The van der Waals surface area contributed by atoms with Gasteiger partial charge in [-0.15, -0.1) is 13.2 Å². The number of benzene rings is 2. The normalized spacial score (nSPS) is 11.9. The molecule has 2 aromatic heterocycles. The molecule has 0 saturated heterocycles. The van der Waals surface area contributed by atoms with Gasteiger partial charge < -0.3 is 14.8 Å². The summed E-state index contributed by atoms with van der Waals surface area (Å²) < 4.78 is 90.2. The van der Waals surface area contributed by atoms with Gasteiger partial charge in [-0.2, -0.15) is 0 Å². The van der Waals surface area contributed by atoms with Crippen LogP contribution in [0.4, 0.5) is 17.6 Å². The van der Waals surface area contributed by atoms with Crippen molar-refractivity contribution in [3.05, 3.63) is 96.2 Å². The Bertz CT molecular complexity index is 1490. The lowest BCUT2D eigenvalue weighted by atomic mass is 10.1. The van der Waals surface area contributed by atoms with E-state index in [2.05, 4.69) is 15.0 Å². The number of ether oxygens (including phenoxy) is 2. The summed E-state index contributed by atoms with van der Waals surface area (Å²) >= 11 is 0. The molecule has 2 heterocycles. The molecule has 0 aliphatic heterocycles. The van der Waals surface area contributed by atoms with Crippen LogP contribution in [0.15, 0.2) is 84.1 Å². The Morgan fingerprint density at radius 1 is 1.05 bits per heavy atom. The van der Waals surface area contributed by atoms with Crippen LogP contribution in [-0.4, -0.2) is 30.8 Å². The Kier molecular flexibility index (Phi) is 7.50. The van der Waals surface area contributed by atoms with Crippen LogP contribution < -0.4 is 14.8 Å². The first-order valence-corrected chi connectivity index (χ1v) is 12.3. The van der Waals surface area contributed by atoms with Crippen LogP contribution in [0.1, 0.15) is 11.1 Å². The maximum Gasteiger partial charge on any atom is 0.573 e. The van der Waals surface area contributed by atoms with E-state index in [9.17, 15) is 21.6 Å². The van der Waals surface area contributed by atoms with E-state index in [-0.39, 0.29) is 34.1 Å². The van der Waals surface area contributed by atoms with Crippen LogP contribution in [0.2, 0.25) is 0 Å². The maximum atomic E-state index is 15.2. The Morgan fingerprint density at radius 3 is 2.51 bits per heavy atom. The number of nitrogens with zero attached hydrogens (tertiary/aromatic N) is 2. The number of aromatic nitrogens is 2. The van der Waals surface area contributed by atoms with Crippen LogP contribution in [0.25, 0.3) is 11.3 Å². The molecule has 4 aromatic rings. The Hall–Kier alpha value is -3.90. The van der Waals surface area contributed by atoms with Crippen molar-refractivity contribution in [1.82, 2.24) is 14.3 Å². The van der Waals surface area contributed by atoms with E-state index in [1.54, 1.807) is 13.1 Å². The molecular formula is C25H21F4N3O4S. The second-order valence-electron chi connectivity index (χ2n) is 7.84. The molecule has 0 spiro atoms. The van der Waals surface area contributed by atoms with Gasteiger partial charge in [0.2, 0.25) is 0 Å². The molecule has 0 unspecified atom stereocenters. The predicted octanol–water partition coefficient (Wildman–Crippen LogP) is 5.12. The van der Waals surface area contributed by atoms with Crippen molar-refractivity contribution in [2.75, 3.05) is 7.05 Å². The molecular weight excluding hydrogens is 514 g/mol. The van der Waals surface area contributed by atoms with Crippen LogP contribution in [0.5, 0.6) is 11.5 Å². The summed E-state index contributed by atoms with van der Waals surface area (Å²) in [7, 11) is -2.39. The van der Waals surface area contributed by atoms with E-state index in [4.69, 9.17) is 4.74 Å². The molecule has 37 heavy (non-hydrogen) atoms. The highest BCUT2D eigenvalue weighted by Crippen LogP contribution is 2.32. The standard InChI is InChI=1S/C25H21F4N3O4S/c1-30-13-17-11-23(32(15-17)37(33,34)20-6-4-10-31-14-20)21-9-8-19(12-22(21)26)35-16-18-5-2-3-7-24(18)36-25(27,28)29/h2-12,14-15,30H,13,16H2,1H3. The van der Waals surface area contributed by atoms with Crippen LogP contribution >= 0.6 is 0 Å². The molecule has 194 valence electrons. The molecule has 0 radical (unpaired) electrons. The zero-order valence-electron chi connectivity index (χ0n) is 19.4.